The molecule has 43 heavy (non-hydrogen) atoms. The van der Waals surface area contributed by atoms with Gasteiger partial charge in [-0.15, -0.1) is 0 Å². The quantitative estimate of drug-likeness (QED) is 0.432. The van der Waals surface area contributed by atoms with Crippen LogP contribution in [-0.4, -0.2) is 95.9 Å². The second-order valence-corrected chi connectivity index (χ2v) is 12.9. The summed E-state index contributed by atoms with van der Waals surface area (Å²) in [6.07, 6.45) is -2.30. The van der Waals surface area contributed by atoms with Crippen molar-refractivity contribution in [3.05, 3.63) is 28.3 Å². The first-order valence-corrected chi connectivity index (χ1v) is 14.8. The molecular weight excluding hydrogens is 564 g/mol. The molecule has 8 rings (SSSR count). The monoisotopic (exact) mass is 600 g/mol. The highest BCUT2D eigenvalue weighted by Gasteiger charge is 2.91. The van der Waals surface area contributed by atoms with Gasteiger partial charge in [0, 0.05) is 36.5 Å². The second-order valence-electron chi connectivity index (χ2n) is 12.9. The molecule has 4 fully saturated rings. The van der Waals surface area contributed by atoms with Crippen LogP contribution >= 0.6 is 0 Å². The van der Waals surface area contributed by atoms with E-state index in [1.807, 2.05) is 13.0 Å². The summed E-state index contributed by atoms with van der Waals surface area (Å²) < 4.78 is 50.2. The van der Waals surface area contributed by atoms with Gasteiger partial charge in [0.1, 0.15) is 36.1 Å². The zero-order valence-corrected chi connectivity index (χ0v) is 24.7. The number of hydrogen-bond donors (Lipinski definition) is 3. The Bertz CT molecular complexity index is 1560. The van der Waals surface area contributed by atoms with E-state index in [1.54, 1.807) is 21.0 Å². The molecule has 3 N–H and O–H groups in total. The molecule has 4 saturated heterocycles. The fraction of sp³-hybridized carbons (Fsp3) is 0.645. The highest BCUT2D eigenvalue weighted by Crippen LogP contribution is 2.71. The van der Waals surface area contributed by atoms with Crippen molar-refractivity contribution in [2.24, 2.45) is 0 Å². The van der Waals surface area contributed by atoms with Gasteiger partial charge in [-0.25, -0.2) is 0 Å². The van der Waals surface area contributed by atoms with Crippen LogP contribution in [0.5, 0.6) is 17.2 Å². The van der Waals surface area contributed by atoms with Gasteiger partial charge in [0.05, 0.1) is 36.4 Å². The third kappa shape index (κ3) is 3.30. The third-order valence-electron chi connectivity index (χ3n) is 10.4. The molecule has 5 heterocycles. The molecule has 2 bridgehead atoms. The Kier molecular flexibility index (Phi) is 5.72. The molecular formula is C31H36O12. The van der Waals surface area contributed by atoms with Crippen LogP contribution in [0.2, 0.25) is 0 Å². The fourth-order valence-corrected chi connectivity index (χ4v) is 8.20. The zero-order chi connectivity index (χ0) is 30.3. The van der Waals surface area contributed by atoms with E-state index in [0.717, 1.165) is 5.56 Å². The first-order chi connectivity index (χ1) is 20.4. The first-order valence-electron chi connectivity index (χ1n) is 14.8. The molecule has 5 aliphatic heterocycles. The molecule has 1 spiro atoms. The van der Waals surface area contributed by atoms with Crippen molar-refractivity contribution in [1.29, 1.82) is 0 Å². The molecule has 0 amide bonds. The smallest absolute Gasteiger partial charge is 0.276 e. The van der Waals surface area contributed by atoms with E-state index in [-0.39, 0.29) is 36.7 Å². The minimum absolute atomic E-state index is 0.0410. The molecule has 2 aromatic rings. The van der Waals surface area contributed by atoms with Crippen LogP contribution in [0.4, 0.5) is 0 Å². The maximum Gasteiger partial charge on any atom is 0.276 e. The maximum absolute atomic E-state index is 13.1. The summed E-state index contributed by atoms with van der Waals surface area (Å²) >= 11 is 0. The number of aliphatic hydroxyl groups excluding tert-OH is 1. The van der Waals surface area contributed by atoms with E-state index < -0.39 is 53.5 Å². The van der Waals surface area contributed by atoms with Gasteiger partial charge in [-0.3, -0.25) is 4.79 Å². The maximum atomic E-state index is 13.1. The van der Waals surface area contributed by atoms with Crippen molar-refractivity contribution in [2.45, 2.75) is 99.9 Å². The van der Waals surface area contributed by atoms with E-state index in [4.69, 9.17) is 37.9 Å². The van der Waals surface area contributed by atoms with Gasteiger partial charge < -0.3 is 53.2 Å². The van der Waals surface area contributed by atoms with E-state index in [2.05, 4.69) is 0 Å². The third-order valence-corrected chi connectivity index (χ3v) is 10.4. The summed E-state index contributed by atoms with van der Waals surface area (Å²) in [4.78, 5) is 13.1. The lowest BCUT2D eigenvalue weighted by molar-refractivity contribution is -0.323. The lowest BCUT2D eigenvalue weighted by Gasteiger charge is -2.48. The molecule has 0 saturated carbocycles. The second kappa shape index (κ2) is 8.79. The number of ether oxygens (including phenoxy) is 8. The predicted molar refractivity (Wildman–Crippen MR) is 146 cm³/mol. The number of aliphatic hydroxyl groups is 2. The molecule has 1 aliphatic carbocycles. The minimum atomic E-state index is -1.46. The van der Waals surface area contributed by atoms with Crippen molar-refractivity contribution in [2.75, 3.05) is 27.4 Å². The number of carbonyl (C=O) groups is 1. The SMILES string of the molecule is COc1c2c(c(O)c3c4c(c(C)cc13)C1OC3(CO[C@@H]5C[C@@](C)(O)[C@@H](O)[C@H](C)O5)OC1[C@@](OC)(O4)[C@@]31CO1)C(=O)CCC2. The predicted octanol–water partition coefficient (Wildman–Crippen LogP) is 2.32. The highest BCUT2D eigenvalue weighted by atomic mass is 16.9. The molecule has 2 aromatic carbocycles. The van der Waals surface area contributed by atoms with Crippen molar-refractivity contribution in [1.82, 2.24) is 0 Å². The summed E-state index contributed by atoms with van der Waals surface area (Å²) in [6, 6.07) is 1.92. The van der Waals surface area contributed by atoms with E-state index in [0.29, 0.717) is 52.7 Å². The van der Waals surface area contributed by atoms with Crippen LogP contribution in [0.25, 0.3) is 10.8 Å². The Morgan fingerprint density at radius 3 is 2.63 bits per heavy atom. The van der Waals surface area contributed by atoms with Crippen LogP contribution in [0.3, 0.4) is 0 Å². The number of fused-ring (bicyclic) bond motifs is 8. The normalized spacial score (nSPS) is 42.2. The summed E-state index contributed by atoms with van der Waals surface area (Å²) in [7, 11) is 3.07. The summed E-state index contributed by atoms with van der Waals surface area (Å²) in [5, 5.41) is 33.7. The van der Waals surface area contributed by atoms with Crippen LogP contribution in [0.1, 0.15) is 66.3 Å². The molecule has 232 valence electrons. The van der Waals surface area contributed by atoms with Crippen molar-refractivity contribution in [3.63, 3.8) is 0 Å². The van der Waals surface area contributed by atoms with Gasteiger partial charge in [0.25, 0.3) is 5.79 Å². The Morgan fingerprint density at radius 2 is 1.95 bits per heavy atom. The average Bonchev–Trinajstić information content (AvgIpc) is 3.63. The van der Waals surface area contributed by atoms with Gasteiger partial charge in [-0.2, -0.15) is 0 Å². The first kappa shape index (κ1) is 28.0. The number of aryl methyl sites for hydroxylation is 1. The Hall–Kier alpha value is -2.55. The van der Waals surface area contributed by atoms with Crippen molar-refractivity contribution < 1.29 is 58.0 Å². The highest BCUT2D eigenvalue weighted by molar-refractivity contribution is 6.11. The number of hydrogen-bond acceptors (Lipinski definition) is 12. The van der Waals surface area contributed by atoms with Gasteiger partial charge in [0.15, 0.2) is 18.2 Å². The topological polar surface area (TPSA) is 155 Å². The standard InChI is InChI=1S/C31H36O12/c1-13-9-16-21(22(33)20-15(23(16)36-4)7-6-8-17(20)32)24-19(13)25-27-31(37-5,42-24)29(11-39-29)30(41-25,43-27)12-38-18-10-28(3,35)26(34)14(2)40-18/h9,14,18,25-27,33-35H,6-8,10-12H2,1-5H3/t14-,18-,25?,26-,27?,28+,29+,30?,31+/m0/s1. The molecule has 0 aromatic heterocycles. The molecule has 12 nitrogen and oxygen atoms in total. The fourth-order valence-electron chi connectivity index (χ4n) is 8.20. The zero-order valence-electron chi connectivity index (χ0n) is 24.7. The number of Topliss-reactive ketones (excluding diaryl/α,β-unsaturated/α-hetero) is 1. The van der Waals surface area contributed by atoms with Gasteiger partial charge >= 0.3 is 0 Å². The number of ketones is 1. The number of phenols is 1. The molecule has 12 heteroatoms. The summed E-state index contributed by atoms with van der Waals surface area (Å²) in [5.41, 5.74) is -0.168. The van der Waals surface area contributed by atoms with Crippen molar-refractivity contribution in [3.8, 4) is 17.2 Å². The van der Waals surface area contributed by atoms with Gasteiger partial charge in [0.2, 0.25) is 11.4 Å². The number of benzene rings is 2. The summed E-state index contributed by atoms with van der Waals surface area (Å²) in [5.74, 6) is -2.31. The lowest BCUT2D eigenvalue weighted by atomic mass is 9.78. The number of carbonyl (C=O) groups excluding carboxylic acids is 1. The van der Waals surface area contributed by atoms with Gasteiger partial charge in [-0.05, 0) is 45.2 Å². The van der Waals surface area contributed by atoms with E-state index >= 15 is 0 Å². The number of epoxide rings is 1. The van der Waals surface area contributed by atoms with Gasteiger partial charge in [-0.1, -0.05) is 0 Å². The van der Waals surface area contributed by atoms with E-state index in [1.165, 1.54) is 7.11 Å². The van der Waals surface area contributed by atoms with Crippen LogP contribution < -0.4 is 9.47 Å². The lowest BCUT2D eigenvalue weighted by Crippen LogP contribution is -2.68. The molecule has 9 atom stereocenters. The Morgan fingerprint density at radius 1 is 1.19 bits per heavy atom. The van der Waals surface area contributed by atoms with E-state index in [9.17, 15) is 20.1 Å². The number of phenolic OH excluding ortho intramolecular Hbond substituents is 1. The largest absolute Gasteiger partial charge is 0.506 e. The summed E-state index contributed by atoms with van der Waals surface area (Å²) in [6.45, 7) is 5.20. The Balaban J connectivity index is 1.24. The minimum Gasteiger partial charge on any atom is -0.506 e. The molecule has 6 aliphatic rings. The van der Waals surface area contributed by atoms with Crippen LogP contribution in [0, 0.1) is 6.92 Å². The molecule has 3 unspecified atom stereocenters. The Labute approximate surface area is 247 Å². The number of methoxy groups -OCH3 is 2. The average molecular weight is 601 g/mol. The van der Waals surface area contributed by atoms with Crippen LogP contribution in [0.15, 0.2) is 6.07 Å². The number of aromatic hydroxyl groups is 1. The van der Waals surface area contributed by atoms with Crippen LogP contribution in [-0.2, 0) is 34.8 Å². The number of rotatable bonds is 5. The van der Waals surface area contributed by atoms with Crippen molar-refractivity contribution >= 4 is 16.6 Å². The molecule has 0 radical (unpaired) electrons.